The quantitative estimate of drug-likeness (QED) is 0.634. The van der Waals surface area contributed by atoms with Crippen LogP contribution in [0.4, 0.5) is 0 Å². The van der Waals surface area contributed by atoms with Crippen LogP contribution in [0.5, 0.6) is 0 Å². The smallest absolute Gasteiger partial charge is 0.0167 e. The Bertz CT molecular complexity index is 661. The van der Waals surface area contributed by atoms with Crippen molar-refractivity contribution >= 4 is 21.5 Å². The van der Waals surface area contributed by atoms with Crippen LogP contribution in [0.1, 0.15) is 18.9 Å². The Morgan fingerprint density at radius 3 is 2.10 bits per heavy atom. The summed E-state index contributed by atoms with van der Waals surface area (Å²) in [6, 6.07) is 19.3. The van der Waals surface area contributed by atoms with Gasteiger partial charge in [0.15, 0.2) is 0 Å². The van der Waals surface area contributed by atoms with E-state index in [-0.39, 0.29) is 0 Å². The summed E-state index contributed by atoms with van der Waals surface area (Å²) in [6.07, 6.45) is 5.49. The van der Waals surface area contributed by atoms with E-state index < -0.39 is 0 Å². The van der Waals surface area contributed by atoms with Crippen LogP contribution in [0.25, 0.3) is 16.7 Å². The lowest BCUT2D eigenvalue weighted by atomic mass is 9.91. The van der Waals surface area contributed by atoms with Gasteiger partial charge < -0.3 is 0 Å². The molecule has 0 saturated carbocycles. The van der Waals surface area contributed by atoms with Gasteiger partial charge in [-0.1, -0.05) is 76.6 Å². The molecule has 1 heteroatoms. The van der Waals surface area contributed by atoms with E-state index in [9.17, 15) is 0 Å². The minimum Gasteiger partial charge on any atom is -0.0694 e. The molecule has 2 aromatic carbocycles. The highest BCUT2D eigenvalue weighted by molar-refractivity contribution is 9.12. The second-order valence-corrected chi connectivity index (χ2v) is 5.83. The fourth-order valence-corrected chi connectivity index (χ4v) is 2.92. The highest BCUT2D eigenvalue weighted by atomic mass is 79.9. The zero-order valence-corrected chi connectivity index (χ0v) is 13.0. The van der Waals surface area contributed by atoms with E-state index in [1.807, 2.05) is 6.07 Å². The zero-order valence-electron chi connectivity index (χ0n) is 11.4. The largest absolute Gasteiger partial charge is 0.0694 e. The van der Waals surface area contributed by atoms with Crippen LogP contribution in [0, 0.1) is 6.42 Å². The van der Waals surface area contributed by atoms with Gasteiger partial charge in [-0.25, -0.2) is 0 Å². The van der Waals surface area contributed by atoms with E-state index in [2.05, 4.69) is 83.9 Å². The first kappa shape index (κ1) is 13.4. The van der Waals surface area contributed by atoms with Crippen LogP contribution >= 0.6 is 15.9 Å². The molecule has 3 rings (SSSR count). The molecule has 0 unspecified atom stereocenters. The second-order valence-electron chi connectivity index (χ2n) is 4.97. The van der Waals surface area contributed by atoms with Gasteiger partial charge >= 0.3 is 0 Å². The van der Waals surface area contributed by atoms with Gasteiger partial charge in [-0.3, -0.25) is 0 Å². The summed E-state index contributed by atoms with van der Waals surface area (Å²) in [4.78, 5) is 0. The Hall–Kier alpha value is -1.60. The standard InChI is InChI=1S/C19H16Br/c1-14-18(8-5-9-19(14)20)17-12-10-16(11-13-17)15-6-3-2-4-7-15/h2-4,6-13H,5H2,1H3. The van der Waals surface area contributed by atoms with Crippen LogP contribution in [0.3, 0.4) is 0 Å². The molecule has 1 aliphatic rings. The lowest BCUT2D eigenvalue weighted by molar-refractivity contribution is 1.23. The van der Waals surface area contributed by atoms with Crippen LogP contribution in [0.2, 0.25) is 0 Å². The first-order chi connectivity index (χ1) is 9.75. The number of halogens is 1. The molecule has 0 nitrogen and oxygen atoms in total. The van der Waals surface area contributed by atoms with E-state index in [0.717, 1.165) is 6.42 Å². The van der Waals surface area contributed by atoms with Crippen LogP contribution < -0.4 is 0 Å². The molecule has 2 aromatic rings. The monoisotopic (exact) mass is 323 g/mol. The fourth-order valence-electron chi connectivity index (χ4n) is 2.52. The fraction of sp³-hybridized carbons (Fsp3) is 0.105. The molecule has 0 N–H and O–H groups in total. The molecule has 0 atom stereocenters. The van der Waals surface area contributed by atoms with Crippen molar-refractivity contribution in [3.8, 4) is 11.1 Å². The van der Waals surface area contributed by atoms with E-state index in [1.54, 1.807) is 0 Å². The Morgan fingerprint density at radius 2 is 1.40 bits per heavy atom. The van der Waals surface area contributed by atoms with Crippen molar-refractivity contribution in [2.45, 2.75) is 13.3 Å². The third-order valence-electron chi connectivity index (χ3n) is 3.68. The van der Waals surface area contributed by atoms with Crippen molar-refractivity contribution in [1.82, 2.24) is 0 Å². The van der Waals surface area contributed by atoms with Crippen molar-refractivity contribution < 1.29 is 0 Å². The van der Waals surface area contributed by atoms with E-state index in [1.165, 1.54) is 32.3 Å². The number of hydrogen-bond donors (Lipinski definition) is 0. The third-order valence-corrected chi connectivity index (χ3v) is 4.60. The number of rotatable bonds is 2. The maximum atomic E-state index is 3.63. The molecule has 0 heterocycles. The topological polar surface area (TPSA) is 0 Å². The Labute approximate surface area is 129 Å². The maximum absolute atomic E-state index is 3.63. The highest BCUT2D eigenvalue weighted by Crippen LogP contribution is 2.34. The maximum Gasteiger partial charge on any atom is 0.0167 e. The van der Waals surface area contributed by atoms with Gasteiger partial charge in [0, 0.05) is 4.48 Å². The molecule has 0 aromatic heterocycles. The van der Waals surface area contributed by atoms with Crippen LogP contribution in [-0.4, -0.2) is 0 Å². The minimum absolute atomic E-state index is 0.994. The molecule has 20 heavy (non-hydrogen) atoms. The molecule has 0 saturated heterocycles. The number of allylic oxidation sites excluding steroid dienone is 4. The van der Waals surface area contributed by atoms with Gasteiger partial charge in [0.05, 0.1) is 0 Å². The van der Waals surface area contributed by atoms with Gasteiger partial charge in [0.25, 0.3) is 0 Å². The summed E-state index contributed by atoms with van der Waals surface area (Å²) in [7, 11) is 0. The summed E-state index contributed by atoms with van der Waals surface area (Å²) < 4.78 is 1.21. The second kappa shape index (κ2) is 5.80. The minimum atomic E-state index is 0.994. The van der Waals surface area contributed by atoms with Gasteiger partial charge in [-0.15, -0.1) is 0 Å². The lowest BCUT2D eigenvalue weighted by Crippen LogP contribution is -1.96. The highest BCUT2D eigenvalue weighted by Gasteiger charge is 2.12. The lowest BCUT2D eigenvalue weighted by Gasteiger charge is -2.16. The van der Waals surface area contributed by atoms with Crippen molar-refractivity contribution in [1.29, 1.82) is 0 Å². The first-order valence-electron chi connectivity index (χ1n) is 6.81. The Balaban J connectivity index is 1.95. The molecule has 1 aliphatic carbocycles. The summed E-state index contributed by atoms with van der Waals surface area (Å²) in [5, 5.41) is 0. The van der Waals surface area contributed by atoms with Crippen molar-refractivity contribution in [3.05, 3.63) is 82.7 Å². The molecule has 0 aliphatic heterocycles. The molecule has 0 fully saturated rings. The molecule has 1 radical (unpaired) electrons. The predicted molar refractivity (Wildman–Crippen MR) is 90.4 cm³/mol. The molecule has 0 bridgehead atoms. The average molecular weight is 324 g/mol. The van der Waals surface area contributed by atoms with E-state index in [0.29, 0.717) is 0 Å². The van der Waals surface area contributed by atoms with Crippen LogP contribution in [0.15, 0.2) is 70.7 Å². The summed E-state index contributed by atoms with van der Waals surface area (Å²) >= 11 is 3.63. The van der Waals surface area contributed by atoms with Gasteiger partial charge in [0.1, 0.15) is 0 Å². The Morgan fingerprint density at radius 1 is 0.800 bits per heavy atom. The van der Waals surface area contributed by atoms with Crippen molar-refractivity contribution in [2.24, 2.45) is 0 Å². The molecule has 99 valence electrons. The number of benzene rings is 2. The SMILES string of the molecule is CC1=C(c2ccc(-c3ccccc3)cc2)[CH]CC=C1Br. The van der Waals surface area contributed by atoms with E-state index >= 15 is 0 Å². The summed E-state index contributed by atoms with van der Waals surface area (Å²) in [5.74, 6) is 0. The van der Waals surface area contributed by atoms with Gasteiger partial charge in [0.2, 0.25) is 0 Å². The average Bonchev–Trinajstić information content (AvgIpc) is 2.51. The molecule has 0 spiro atoms. The Kier molecular flexibility index (Phi) is 3.88. The molecular formula is C19H16Br. The predicted octanol–water partition coefficient (Wildman–Crippen LogP) is 6.01. The molecular weight excluding hydrogens is 308 g/mol. The normalized spacial score (nSPS) is 15.2. The zero-order chi connectivity index (χ0) is 13.9. The van der Waals surface area contributed by atoms with E-state index in [4.69, 9.17) is 0 Å². The molecule has 0 amide bonds. The number of hydrogen-bond acceptors (Lipinski definition) is 0. The van der Waals surface area contributed by atoms with Crippen molar-refractivity contribution in [2.75, 3.05) is 0 Å². The van der Waals surface area contributed by atoms with Crippen molar-refractivity contribution in [3.63, 3.8) is 0 Å². The van der Waals surface area contributed by atoms with Gasteiger partial charge in [-0.05, 0) is 47.6 Å². The van der Waals surface area contributed by atoms with Gasteiger partial charge in [-0.2, -0.15) is 0 Å². The third kappa shape index (κ3) is 2.64. The summed E-state index contributed by atoms with van der Waals surface area (Å²) in [6.45, 7) is 2.16. The van der Waals surface area contributed by atoms with Crippen LogP contribution in [-0.2, 0) is 0 Å². The first-order valence-corrected chi connectivity index (χ1v) is 7.61. The summed E-state index contributed by atoms with van der Waals surface area (Å²) in [5.41, 5.74) is 6.45.